The average molecular weight is 179 g/mol. The molecule has 1 heterocycles. The SMILES string of the molecule is CC1(C)C(C#N)CON1CCC#N. The molecule has 0 aliphatic carbocycles. The fourth-order valence-electron chi connectivity index (χ4n) is 1.41. The van der Waals surface area contributed by atoms with Crippen LogP contribution in [0.25, 0.3) is 0 Å². The van der Waals surface area contributed by atoms with Crippen LogP contribution in [0.2, 0.25) is 0 Å². The van der Waals surface area contributed by atoms with Crippen molar-refractivity contribution in [2.45, 2.75) is 25.8 Å². The van der Waals surface area contributed by atoms with Gasteiger partial charge in [0.15, 0.2) is 0 Å². The van der Waals surface area contributed by atoms with Gasteiger partial charge in [-0.15, -0.1) is 0 Å². The van der Waals surface area contributed by atoms with E-state index in [4.69, 9.17) is 15.4 Å². The summed E-state index contributed by atoms with van der Waals surface area (Å²) < 4.78 is 0. The third-order valence-corrected chi connectivity index (χ3v) is 2.48. The Hall–Kier alpha value is -1.10. The molecule has 0 saturated carbocycles. The first-order chi connectivity index (χ1) is 6.12. The molecule has 1 rings (SSSR count). The fraction of sp³-hybridized carbons (Fsp3) is 0.778. The lowest BCUT2D eigenvalue weighted by Crippen LogP contribution is -2.41. The van der Waals surface area contributed by atoms with Gasteiger partial charge in [0.25, 0.3) is 0 Å². The van der Waals surface area contributed by atoms with Crippen molar-refractivity contribution < 1.29 is 4.84 Å². The maximum atomic E-state index is 8.82. The van der Waals surface area contributed by atoms with Gasteiger partial charge in [-0.3, -0.25) is 4.84 Å². The van der Waals surface area contributed by atoms with Crippen molar-refractivity contribution in [3.63, 3.8) is 0 Å². The van der Waals surface area contributed by atoms with Crippen LogP contribution in [0.15, 0.2) is 0 Å². The molecule has 1 fully saturated rings. The number of nitrogens with zero attached hydrogens (tertiary/aromatic N) is 3. The number of nitriles is 2. The minimum Gasteiger partial charge on any atom is -0.297 e. The van der Waals surface area contributed by atoms with Gasteiger partial charge >= 0.3 is 0 Å². The summed E-state index contributed by atoms with van der Waals surface area (Å²) in [6.45, 7) is 4.94. The summed E-state index contributed by atoms with van der Waals surface area (Å²) in [5.74, 6) is -0.105. The molecule has 0 aromatic carbocycles. The normalized spacial score (nSPS) is 26.6. The molecule has 1 atom stereocenters. The van der Waals surface area contributed by atoms with Crippen molar-refractivity contribution >= 4 is 0 Å². The minimum absolute atomic E-state index is 0.105. The van der Waals surface area contributed by atoms with E-state index in [1.807, 2.05) is 13.8 Å². The maximum absolute atomic E-state index is 8.82. The summed E-state index contributed by atoms with van der Waals surface area (Å²) >= 11 is 0. The van der Waals surface area contributed by atoms with E-state index in [2.05, 4.69) is 12.1 Å². The van der Waals surface area contributed by atoms with E-state index >= 15 is 0 Å². The van der Waals surface area contributed by atoms with Gasteiger partial charge < -0.3 is 0 Å². The second-order valence-electron chi connectivity index (χ2n) is 3.64. The number of hydroxylamine groups is 2. The van der Waals surface area contributed by atoms with Crippen molar-refractivity contribution in [1.29, 1.82) is 10.5 Å². The zero-order valence-electron chi connectivity index (χ0n) is 7.95. The van der Waals surface area contributed by atoms with Crippen LogP contribution in [0.5, 0.6) is 0 Å². The average Bonchev–Trinajstić information content (AvgIpc) is 2.37. The molecule has 0 spiro atoms. The summed E-state index contributed by atoms with van der Waals surface area (Å²) in [5, 5.41) is 19.0. The van der Waals surface area contributed by atoms with Gasteiger partial charge in [-0.25, -0.2) is 0 Å². The van der Waals surface area contributed by atoms with Crippen molar-refractivity contribution in [2.24, 2.45) is 5.92 Å². The monoisotopic (exact) mass is 179 g/mol. The van der Waals surface area contributed by atoms with E-state index in [0.29, 0.717) is 19.6 Å². The third kappa shape index (κ3) is 1.80. The van der Waals surface area contributed by atoms with Gasteiger partial charge in [0.1, 0.15) is 0 Å². The summed E-state index contributed by atoms with van der Waals surface area (Å²) in [6.07, 6.45) is 0.432. The molecule has 0 amide bonds. The minimum atomic E-state index is -0.272. The molecule has 4 nitrogen and oxygen atoms in total. The highest BCUT2D eigenvalue weighted by Gasteiger charge is 2.42. The highest BCUT2D eigenvalue weighted by atomic mass is 16.7. The van der Waals surface area contributed by atoms with Gasteiger partial charge in [0.05, 0.1) is 36.6 Å². The summed E-state index contributed by atoms with van der Waals surface area (Å²) in [6, 6.07) is 4.27. The molecule has 70 valence electrons. The molecule has 1 saturated heterocycles. The van der Waals surface area contributed by atoms with E-state index in [9.17, 15) is 0 Å². The molecule has 0 N–H and O–H groups in total. The Balaban J connectivity index is 2.61. The van der Waals surface area contributed by atoms with Crippen molar-refractivity contribution in [3.8, 4) is 12.1 Å². The molecule has 0 radical (unpaired) electrons. The van der Waals surface area contributed by atoms with Gasteiger partial charge in [-0.1, -0.05) is 0 Å². The quantitative estimate of drug-likeness (QED) is 0.636. The Morgan fingerprint density at radius 2 is 2.23 bits per heavy atom. The Bertz CT molecular complexity index is 261. The number of rotatable bonds is 2. The summed E-state index contributed by atoms with van der Waals surface area (Å²) in [5.41, 5.74) is -0.272. The smallest absolute Gasteiger partial charge is 0.0918 e. The highest BCUT2D eigenvalue weighted by molar-refractivity contribution is 5.01. The first-order valence-corrected chi connectivity index (χ1v) is 4.30. The van der Waals surface area contributed by atoms with Crippen LogP contribution in [0.1, 0.15) is 20.3 Å². The van der Waals surface area contributed by atoms with Crippen LogP contribution in [-0.4, -0.2) is 23.8 Å². The highest BCUT2D eigenvalue weighted by Crippen LogP contribution is 2.31. The van der Waals surface area contributed by atoms with E-state index in [0.717, 1.165) is 0 Å². The maximum Gasteiger partial charge on any atom is 0.0918 e. The molecule has 13 heavy (non-hydrogen) atoms. The lowest BCUT2D eigenvalue weighted by Gasteiger charge is -2.29. The zero-order chi connectivity index (χ0) is 9.90. The summed E-state index contributed by atoms with van der Waals surface area (Å²) in [4.78, 5) is 5.33. The van der Waals surface area contributed by atoms with Crippen molar-refractivity contribution in [3.05, 3.63) is 0 Å². The van der Waals surface area contributed by atoms with Crippen LogP contribution < -0.4 is 0 Å². The first kappa shape index (κ1) is 9.98. The van der Waals surface area contributed by atoms with Crippen LogP contribution in [-0.2, 0) is 4.84 Å². The Labute approximate surface area is 78.3 Å². The predicted molar refractivity (Wildman–Crippen MR) is 46.1 cm³/mol. The largest absolute Gasteiger partial charge is 0.297 e. The van der Waals surface area contributed by atoms with Gasteiger partial charge in [0.2, 0.25) is 0 Å². The van der Waals surface area contributed by atoms with Gasteiger partial charge in [0, 0.05) is 6.54 Å². The van der Waals surface area contributed by atoms with Gasteiger partial charge in [-0.05, 0) is 13.8 Å². The zero-order valence-corrected chi connectivity index (χ0v) is 7.95. The van der Waals surface area contributed by atoms with Gasteiger partial charge in [-0.2, -0.15) is 15.6 Å². The topological polar surface area (TPSA) is 60.0 Å². The fourth-order valence-corrected chi connectivity index (χ4v) is 1.41. The van der Waals surface area contributed by atoms with Crippen LogP contribution >= 0.6 is 0 Å². The first-order valence-electron chi connectivity index (χ1n) is 4.30. The second-order valence-corrected chi connectivity index (χ2v) is 3.64. The van der Waals surface area contributed by atoms with E-state index in [1.165, 1.54) is 0 Å². The van der Waals surface area contributed by atoms with E-state index in [-0.39, 0.29) is 11.5 Å². The van der Waals surface area contributed by atoms with Crippen LogP contribution in [0.4, 0.5) is 0 Å². The molecular weight excluding hydrogens is 166 g/mol. The Morgan fingerprint density at radius 3 is 2.69 bits per heavy atom. The Morgan fingerprint density at radius 1 is 1.54 bits per heavy atom. The standard InChI is InChI=1S/C9H13N3O/c1-9(2)8(6-11)7-13-12(9)5-3-4-10/h8H,3,5,7H2,1-2H3. The van der Waals surface area contributed by atoms with Crippen molar-refractivity contribution in [2.75, 3.05) is 13.2 Å². The molecule has 0 bridgehead atoms. The lowest BCUT2D eigenvalue weighted by atomic mass is 9.90. The van der Waals surface area contributed by atoms with E-state index in [1.54, 1.807) is 5.06 Å². The molecule has 1 aliphatic heterocycles. The Kier molecular flexibility index (Phi) is 2.87. The molecule has 1 unspecified atom stereocenters. The van der Waals surface area contributed by atoms with Crippen molar-refractivity contribution in [1.82, 2.24) is 5.06 Å². The third-order valence-electron chi connectivity index (χ3n) is 2.48. The second kappa shape index (κ2) is 3.74. The molecular formula is C9H13N3O. The van der Waals surface area contributed by atoms with Crippen LogP contribution in [0, 0.1) is 28.6 Å². The summed E-state index contributed by atoms with van der Waals surface area (Å²) in [7, 11) is 0. The molecule has 0 aromatic heterocycles. The van der Waals surface area contributed by atoms with E-state index < -0.39 is 0 Å². The molecule has 1 aliphatic rings. The number of hydrogen-bond donors (Lipinski definition) is 0. The van der Waals surface area contributed by atoms with Crippen LogP contribution in [0.3, 0.4) is 0 Å². The molecule has 0 aromatic rings. The predicted octanol–water partition coefficient (Wildman–Crippen LogP) is 1.07. The lowest BCUT2D eigenvalue weighted by molar-refractivity contribution is -0.153. The molecule has 4 heteroatoms. The number of hydrogen-bond acceptors (Lipinski definition) is 4.